The molecule has 117 heavy (non-hydrogen) atoms. The Labute approximate surface area is 711 Å². The van der Waals surface area contributed by atoms with Crippen LogP contribution in [0.15, 0.2) is 207 Å². The fourth-order valence-corrected chi connectivity index (χ4v) is 13.3. The van der Waals surface area contributed by atoms with Crippen LogP contribution in [-0.2, 0) is 55.8 Å². The van der Waals surface area contributed by atoms with Gasteiger partial charge in [-0.2, -0.15) is 0 Å². The Kier molecular flexibility index (Phi) is 84.9. The molecular formula is C99H162O16P2. The van der Waals surface area contributed by atoms with Gasteiger partial charge in [0.05, 0.1) is 26.4 Å². The van der Waals surface area contributed by atoms with Gasteiger partial charge in [-0.1, -0.05) is 362 Å². The Bertz CT molecular complexity index is 2960. The molecule has 0 bridgehead atoms. The molecule has 0 saturated heterocycles. The second-order valence-corrected chi connectivity index (χ2v) is 32.5. The van der Waals surface area contributed by atoms with Crippen LogP contribution in [0.2, 0.25) is 0 Å². The lowest BCUT2D eigenvalue weighted by Crippen LogP contribution is -2.30. The minimum Gasteiger partial charge on any atom is -0.463 e. The van der Waals surface area contributed by atoms with Gasteiger partial charge in [0.2, 0.25) is 0 Å². The van der Waals surface area contributed by atoms with E-state index in [1.165, 1.54) is 89.9 Å². The average Bonchev–Trinajstić information content (AvgIpc) is 0.924. The first-order chi connectivity index (χ1) is 57.2. The molecule has 5 unspecified atom stereocenters. The number of aliphatic hydroxyl groups excluding tert-OH is 2. The Morgan fingerprint density at radius 2 is 0.427 bits per heavy atom. The lowest BCUT2D eigenvalue weighted by Gasteiger charge is -2.21. The number of rotatable bonds is 84. The van der Waals surface area contributed by atoms with Crippen molar-refractivity contribution in [3.8, 4) is 0 Å². The molecule has 16 nitrogen and oxygen atoms in total. The number of esters is 3. The smallest absolute Gasteiger partial charge is 0.463 e. The molecule has 0 aromatic carbocycles. The highest BCUT2D eigenvalue weighted by Crippen LogP contribution is 2.45. The quantitative estimate of drug-likeness (QED) is 0.0146. The van der Waals surface area contributed by atoms with E-state index in [-0.39, 0.29) is 19.3 Å². The average molecular weight is 1670 g/mol. The summed E-state index contributed by atoms with van der Waals surface area (Å²) in [5.74, 6) is -1.63. The van der Waals surface area contributed by atoms with Gasteiger partial charge in [-0.05, 0) is 167 Å². The fraction of sp³-hybridized carbons (Fsp3) is 0.626. The van der Waals surface area contributed by atoms with Gasteiger partial charge in [0.1, 0.15) is 25.4 Å². The van der Waals surface area contributed by atoms with Crippen molar-refractivity contribution in [1.82, 2.24) is 0 Å². The van der Waals surface area contributed by atoms with Crippen LogP contribution in [0.3, 0.4) is 0 Å². The van der Waals surface area contributed by atoms with Gasteiger partial charge in [-0.25, -0.2) is 9.13 Å². The minimum atomic E-state index is -4.96. The predicted octanol–water partition coefficient (Wildman–Crippen LogP) is 28.0. The largest absolute Gasteiger partial charge is 0.472 e. The summed E-state index contributed by atoms with van der Waals surface area (Å²) in [6, 6.07) is 0. The molecule has 4 N–H and O–H groups in total. The van der Waals surface area contributed by atoms with E-state index in [2.05, 4.69) is 227 Å². The van der Waals surface area contributed by atoms with Crippen molar-refractivity contribution >= 4 is 33.6 Å². The number of hydrogen-bond acceptors (Lipinski definition) is 14. The maximum absolute atomic E-state index is 13.1. The molecule has 0 aromatic heterocycles. The van der Waals surface area contributed by atoms with Crippen molar-refractivity contribution in [1.29, 1.82) is 0 Å². The van der Waals surface area contributed by atoms with Crippen molar-refractivity contribution in [3.63, 3.8) is 0 Å². The summed E-state index contributed by atoms with van der Waals surface area (Å²) < 4.78 is 61.4. The van der Waals surface area contributed by atoms with Gasteiger partial charge in [0, 0.05) is 19.3 Å². The van der Waals surface area contributed by atoms with E-state index in [0.717, 1.165) is 193 Å². The van der Waals surface area contributed by atoms with Gasteiger partial charge in [-0.3, -0.25) is 32.5 Å². The molecular weight excluding hydrogens is 1510 g/mol. The molecule has 0 fully saturated rings. The molecule has 0 aliphatic heterocycles. The highest BCUT2D eigenvalue weighted by Gasteiger charge is 2.29. The van der Waals surface area contributed by atoms with Gasteiger partial charge in [0.25, 0.3) is 0 Å². The highest BCUT2D eigenvalue weighted by atomic mass is 31.2. The number of aliphatic hydroxyl groups is 2. The van der Waals surface area contributed by atoms with Gasteiger partial charge < -0.3 is 34.2 Å². The van der Waals surface area contributed by atoms with E-state index < -0.39 is 91.5 Å². The summed E-state index contributed by atoms with van der Waals surface area (Å²) in [7, 11) is -9.83. The van der Waals surface area contributed by atoms with Crippen molar-refractivity contribution in [2.24, 2.45) is 0 Å². The summed E-state index contributed by atoms with van der Waals surface area (Å²) in [6.45, 7) is 2.30. The van der Waals surface area contributed by atoms with Crippen molar-refractivity contribution in [3.05, 3.63) is 207 Å². The number of carbonyl (C=O) groups is 3. The first-order valence-corrected chi connectivity index (χ1v) is 48.4. The molecule has 18 heteroatoms. The van der Waals surface area contributed by atoms with Crippen LogP contribution >= 0.6 is 15.6 Å². The molecule has 0 aliphatic rings. The van der Waals surface area contributed by atoms with E-state index >= 15 is 0 Å². The maximum Gasteiger partial charge on any atom is 0.472 e. The van der Waals surface area contributed by atoms with Crippen molar-refractivity contribution < 1.29 is 75.8 Å². The first kappa shape index (κ1) is 111. The lowest BCUT2D eigenvalue weighted by molar-refractivity contribution is -0.161. The van der Waals surface area contributed by atoms with Crippen LogP contribution in [0.1, 0.15) is 342 Å². The number of carbonyl (C=O) groups excluding carboxylic acids is 3. The Morgan fingerprint density at radius 1 is 0.239 bits per heavy atom. The molecule has 0 heterocycles. The third kappa shape index (κ3) is 90.7. The van der Waals surface area contributed by atoms with E-state index in [1.54, 1.807) is 0 Å². The fourth-order valence-electron chi connectivity index (χ4n) is 11.7. The van der Waals surface area contributed by atoms with Crippen molar-refractivity contribution in [2.75, 3.05) is 39.6 Å². The highest BCUT2D eigenvalue weighted by molar-refractivity contribution is 7.47. The number of allylic oxidation sites excluding steroid dienone is 34. The van der Waals surface area contributed by atoms with Gasteiger partial charge in [-0.15, -0.1) is 0 Å². The number of unbranched alkanes of at least 4 members (excludes halogenated alkanes) is 27. The van der Waals surface area contributed by atoms with Crippen molar-refractivity contribution in [2.45, 2.75) is 360 Å². The summed E-state index contributed by atoms with van der Waals surface area (Å²) in [4.78, 5) is 59.0. The molecule has 0 aromatic rings. The molecule has 0 amide bonds. The molecule has 0 aliphatic carbocycles. The Morgan fingerprint density at radius 3 is 0.675 bits per heavy atom. The van der Waals surface area contributed by atoms with Crippen LogP contribution in [0.4, 0.5) is 0 Å². The van der Waals surface area contributed by atoms with Crippen LogP contribution in [-0.4, -0.2) is 95.9 Å². The molecule has 0 saturated carbocycles. The number of phosphoric acid groups is 2. The Hall–Kier alpha value is -5.87. The SMILES string of the molecule is CC/C=C\C/C=C\C/C=C\C/C=C\C/C=C\C/C=C\CCCCCCCCC(=O)OCC(COP(=O)(O)OCC(O)COP(=O)(O)OCC(O)COC(=O)CCCCCCCCCCCCCCCCCCC/C=C\C/C=C\C/C=C\C/C=C\C/C=C\CC)OC(=O)CCCCCC/C=C\C/C=C\C/C=C\C/C=C\C/C=C\C/C=C\CC. The minimum absolute atomic E-state index is 0.0629. The second kappa shape index (κ2) is 89.4. The molecule has 0 spiro atoms. The molecule has 0 rings (SSSR count). The number of phosphoric ester groups is 2. The van der Waals surface area contributed by atoms with Crippen LogP contribution in [0.5, 0.6) is 0 Å². The van der Waals surface area contributed by atoms with Gasteiger partial charge >= 0.3 is 33.6 Å². The van der Waals surface area contributed by atoms with E-state index in [4.69, 9.17) is 32.3 Å². The first-order valence-electron chi connectivity index (χ1n) is 45.4. The predicted molar refractivity (Wildman–Crippen MR) is 491 cm³/mol. The monoisotopic (exact) mass is 1670 g/mol. The van der Waals surface area contributed by atoms with E-state index in [1.807, 2.05) is 0 Å². The van der Waals surface area contributed by atoms with Gasteiger partial charge in [0.15, 0.2) is 6.10 Å². The summed E-state index contributed by atoms with van der Waals surface area (Å²) in [5, 5.41) is 20.7. The Balaban J connectivity index is 4.64. The zero-order valence-corrected chi connectivity index (χ0v) is 74.8. The van der Waals surface area contributed by atoms with Crippen LogP contribution in [0.25, 0.3) is 0 Å². The van der Waals surface area contributed by atoms with E-state index in [9.17, 15) is 43.5 Å². The molecule has 5 atom stereocenters. The maximum atomic E-state index is 13.1. The standard InChI is InChI=1S/C99H162O16P2/c1-4-7-10-13-16-19-22-25-28-31-34-37-40-42-43-44-45-46-47-48-49-51-54-55-58-61-64-67-70-73-76-79-82-85-97(102)109-88-94(100)89-111-116(105,106)112-90-95(101)91-113-117(107,108)114-93-96(115-99(104)87-84-81-78-75-72-69-66-63-60-57-52-39-36-33-30-27-24-21-18-15-12-9-6-3)92-110-98(103)86-83-80-77-74-71-68-65-62-59-56-53-50-41-38-35-32-29-26-23-20-17-14-11-8-5-2/h7-12,16-21,25-30,34-39,42-43,50,53,57,59-60,62,66,69,94-96,100-101H,4-6,13-15,22-24,31-33,40-41,44-49,51-52,54-56,58,61,63-65,67-68,70-93H2,1-3H3,(H,105,106)(H,107,108)/b10-7-,11-8-,12-9-,19-16-,20-17-,21-18-,28-25-,29-26-,30-27-,37-34-,38-35-,39-36-,43-42-,53-50-,60-57-,62-59-,69-66-. The summed E-state index contributed by atoms with van der Waals surface area (Å²) >= 11 is 0. The van der Waals surface area contributed by atoms with Crippen LogP contribution in [0, 0.1) is 0 Å². The van der Waals surface area contributed by atoms with Crippen LogP contribution < -0.4 is 0 Å². The second-order valence-electron chi connectivity index (χ2n) is 29.6. The number of hydrogen-bond donors (Lipinski definition) is 4. The third-order valence-corrected chi connectivity index (χ3v) is 20.4. The summed E-state index contributed by atoms with van der Waals surface area (Å²) in [5.41, 5.74) is 0. The zero-order chi connectivity index (χ0) is 85.1. The molecule has 0 radical (unpaired) electrons. The third-order valence-electron chi connectivity index (χ3n) is 18.5. The topological polar surface area (TPSA) is 231 Å². The number of ether oxygens (including phenoxy) is 3. The lowest BCUT2D eigenvalue weighted by atomic mass is 10.0. The van der Waals surface area contributed by atoms with E-state index in [0.29, 0.717) is 19.3 Å². The summed E-state index contributed by atoms with van der Waals surface area (Å²) in [6.07, 6.45) is 120. The molecule has 664 valence electrons. The zero-order valence-electron chi connectivity index (χ0n) is 73.0. The normalized spacial score (nSPS) is 14.8.